The van der Waals surface area contributed by atoms with E-state index in [1.54, 1.807) is 0 Å². The molecule has 0 aromatic carbocycles. The van der Waals surface area contributed by atoms with Crippen LogP contribution in [0.25, 0.3) is 0 Å². The number of hydrazine groups is 1. The lowest BCUT2D eigenvalue weighted by Crippen LogP contribution is -2.45. The largest absolute Gasteiger partial charge is 0.286 e. The first kappa shape index (κ1) is 19.0. The van der Waals surface area contributed by atoms with E-state index in [-0.39, 0.29) is 5.91 Å². The van der Waals surface area contributed by atoms with Gasteiger partial charge in [-0.15, -0.1) is 0 Å². The van der Waals surface area contributed by atoms with Crippen molar-refractivity contribution in [2.75, 3.05) is 0 Å². The summed E-state index contributed by atoms with van der Waals surface area (Å²) in [7, 11) is 0. The summed E-state index contributed by atoms with van der Waals surface area (Å²) in [5.41, 5.74) is 9.62. The molecule has 1 heterocycles. The Kier molecular flexibility index (Phi) is 6.48. The maximum atomic E-state index is 13.0. The fourth-order valence-electron chi connectivity index (χ4n) is 5.26. The van der Waals surface area contributed by atoms with Crippen LogP contribution in [0.1, 0.15) is 118 Å². The molecule has 1 aromatic rings. The van der Waals surface area contributed by atoms with E-state index in [4.69, 9.17) is 5.10 Å². The number of carbonyl (C=O) groups is 1. The first-order valence-electron chi connectivity index (χ1n) is 11.5. The van der Waals surface area contributed by atoms with Crippen LogP contribution in [0.2, 0.25) is 0 Å². The zero-order valence-electron chi connectivity index (χ0n) is 16.8. The lowest BCUT2D eigenvalue weighted by Gasteiger charge is -2.25. The predicted octanol–water partition coefficient (Wildman–Crippen LogP) is 4.61. The van der Waals surface area contributed by atoms with Gasteiger partial charge in [-0.3, -0.25) is 14.9 Å². The molecule has 2 fully saturated rings. The second-order valence-electron chi connectivity index (χ2n) is 8.86. The van der Waals surface area contributed by atoms with Crippen molar-refractivity contribution < 1.29 is 4.79 Å². The normalized spacial score (nSPS) is 22.7. The molecule has 0 bridgehead atoms. The Labute approximate surface area is 163 Å². The Morgan fingerprint density at radius 1 is 0.815 bits per heavy atom. The van der Waals surface area contributed by atoms with E-state index in [9.17, 15) is 4.79 Å². The molecule has 0 spiro atoms. The second kappa shape index (κ2) is 9.22. The van der Waals surface area contributed by atoms with Crippen molar-refractivity contribution in [3.63, 3.8) is 0 Å². The van der Waals surface area contributed by atoms with Gasteiger partial charge in [-0.05, 0) is 51.4 Å². The lowest BCUT2D eigenvalue weighted by atomic mass is 9.92. The van der Waals surface area contributed by atoms with Crippen molar-refractivity contribution >= 4 is 5.91 Å². The minimum atomic E-state index is -0.0234. The number of rotatable bonds is 4. The van der Waals surface area contributed by atoms with Gasteiger partial charge in [0.15, 0.2) is 5.69 Å². The number of nitrogens with zero attached hydrogens (tertiary/aromatic N) is 2. The Morgan fingerprint density at radius 3 is 2.22 bits per heavy atom. The van der Waals surface area contributed by atoms with Crippen LogP contribution in [0.5, 0.6) is 0 Å². The highest BCUT2D eigenvalue weighted by Crippen LogP contribution is 2.33. The molecule has 3 aliphatic carbocycles. The highest BCUT2D eigenvalue weighted by Gasteiger charge is 2.28. The first-order chi connectivity index (χ1) is 13.3. The van der Waals surface area contributed by atoms with Crippen molar-refractivity contribution in [2.45, 2.75) is 115 Å². The third-order valence-corrected chi connectivity index (χ3v) is 6.84. The van der Waals surface area contributed by atoms with E-state index < -0.39 is 0 Å². The summed E-state index contributed by atoms with van der Waals surface area (Å²) in [6.07, 6.45) is 19.7. The molecule has 0 aliphatic heterocycles. The molecule has 150 valence electrons. The van der Waals surface area contributed by atoms with Gasteiger partial charge < -0.3 is 0 Å². The Bertz CT molecular complexity index is 625. The number of fused-ring (bicyclic) bond motifs is 1. The number of carbonyl (C=O) groups excluding carboxylic acids is 1. The predicted molar refractivity (Wildman–Crippen MR) is 108 cm³/mol. The molecule has 0 radical (unpaired) electrons. The zero-order valence-corrected chi connectivity index (χ0v) is 16.8. The van der Waals surface area contributed by atoms with Gasteiger partial charge in [-0.1, -0.05) is 51.4 Å². The molecule has 3 aliphatic rings. The van der Waals surface area contributed by atoms with Crippen LogP contribution >= 0.6 is 0 Å². The molecule has 0 unspecified atom stereocenters. The van der Waals surface area contributed by atoms with E-state index in [0.717, 1.165) is 25.7 Å². The van der Waals surface area contributed by atoms with Gasteiger partial charge in [0.1, 0.15) is 0 Å². The minimum Gasteiger partial charge on any atom is -0.286 e. The lowest BCUT2D eigenvalue weighted by molar-refractivity contribution is 0.0914. The van der Waals surface area contributed by atoms with Crippen molar-refractivity contribution in [3.05, 3.63) is 17.0 Å². The summed E-state index contributed by atoms with van der Waals surface area (Å²) in [4.78, 5) is 13.0. The maximum Gasteiger partial charge on any atom is 0.286 e. The molecule has 1 aromatic heterocycles. The quantitative estimate of drug-likeness (QED) is 0.759. The van der Waals surface area contributed by atoms with Crippen molar-refractivity contribution in [1.29, 1.82) is 0 Å². The monoisotopic (exact) mass is 372 g/mol. The van der Waals surface area contributed by atoms with E-state index in [0.29, 0.717) is 17.8 Å². The van der Waals surface area contributed by atoms with E-state index in [2.05, 4.69) is 15.5 Å². The van der Waals surface area contributed by atoms with Gasteiger partial charge in [-0.25, -0.2) is 5.43 Å². The zero-order chi connectivity index (χ0) is 18.5. The number of hydrogen-bond acceptors (Lipinski definition) is 3. The third-order valence-electron chi connectivity index (χ3n) is 6.84. The van der Waals surface area contributed by atoms with Crippen molar-refractivity contribution in [3.8, 4) is 0 Å². The van der Waals surface area contributed by atoms with Gasteiger partial charge in [0.25, 0.3) is 5.91 Å². The molecule has 27 heavy (non-hydrogen) atoms. The summed E-state index contributed by atoms with van der Waals surface area (Å²) in [5.74, 6) is -0.0234. The number of aromatic nitrogens is 2. The highest BCUT2D eigenvalue weighted by molar-refractivity contribution is 5.93. The average Bonchev–Trinajstić information content (AvgIpc) is 3.07. The summed E-state index contributed by atoms with van der Waals surface area (Å²) in [5, 5.41) is 4.88. The molecule has 0 saturated heterocycles. The Hall–Kier alpha value is -1.36. The summed E-state index contributed by atoms with van der Waals surface area (Å²) in [6, 6.07) is 0.913. The van der Waals surface area contributed by atoms with Crippen LogP contribution in [-0.4, -0.2) is 21.7 Å². The summed E-state index contributed by atoms with van der Waals surface area (Å²) >= 11 is 0. The van der Waals surface area contributed by atoms with Gasteiger partial charge in [0, 0.05) is 17.3 Å². The van der Waals surface area contributed by atoms with Crippen LogP contribution in [-0.2, 0) is 12.8 Å². The summed E-state index contributed by atoms with van der Waals surface area (Å²) < 4.78 is 2.25. The molecular formula is C22H36N4O. The first-order valence-corrected chi connectivity index (χ1v) is 11.5. The molecule has 4 rings (SSSR count). The van der Waals surface area contributed by atoms with Gasteiger partial charge in [0.05, 0.1) is 6.04 Å². The fourth-order valence-corrected chi connectivity index (χ4v) is 5.26. The maximum absolute atomic E-state index is 13.0. The smallest absolute Gasteiger partial charge is 0.286 e. The standard InChI is InChI=1S/C22H36N4O/c27-22(24-23-17-11-5-2-1-3-6-12-17)21-19-15-9-10-16-20(19)26(25-21)18-13-7-4-8-14-18/h17-18,23H,1-16H2,(H,24,27). The van der Waals surface area contributed by atoms with Crippen molar-refractivity contribution in [1.82, 2.24) is 20.6 Å². The van der Waals surface area contributed by atoms with E-state index in [1.807, 2.05) is 0 Å². The molecule has 0 atom stereocenters. The van der Waals surface area contributed by atoms with Crippen LogP contribution in [0.3, 0.4) is 0 Å². The van der Waals surface area contributed by atoms with Crippen molar-refractivity contribution in [2.24, 2.45) is 0 Å². The number of amides is 1. The van der Waals surface area contributed by atoms with Crippen LogP contribution in [0, 0.1) is 0 Å². The molecule has 2 saturated carbocycles. The van der Waals surface area contributed by atoms with Crippen LogP contribution < -0.4 is 10.9 Å². The Balaban J connectivity index is 1.45. The molecule has 5 heteroatoms. The van der Waals surface area contributed by atoms with Gasteiger partial charge >= 0.3 is 0 Å². The molecule has 5 nitrogen and oxygen atoms in total. The van der Waals surface area contributed by atoms with Crippen LogP contribution in [0.4, 0.5) is 0 Å². The van der Waals surface area contributed by atoms with E-state index >= 15 is 0 Å². The fraction of sp³-hybridized carbons (Fsp3) is 0.818. The second-order valence-corrected chi connectivity index (χ2v) is 8.86. The van der Waals surface area contributed by atoms with Crippen LogP contribution in [0.15, 0.2) is 0 Å². The number of hydrogen-bond donors (Lipinski definition) is 2. The number of nitrogens with one attached hydrogen (secondary N) is 2. The Morgan fingerprint density at radius 2 is 1.44 bits per heavy atom. The third kappa shape index (κ3) is 4.56. The van der Waals surface area contributed by atoms with Gasteiger partial charge in [0.2, 0.25) is 0 Å². The average molecular weight is 373 g/mol. The topological polar surface area (TPSA) is 59.0 Å². The van der Waals surface area contributed by atoms with Gasteiger partial charge in [-0.2, -0.15) is 5.10 Å². The molecule has 1 amide bonds. The van der Waals surface area contributed by atoms with E-state index in [1.165, 1.54) is 88.3 Å². The minimum absolute atomic E-state index is 0.0234. The molecular weight excluding hydrogens is 336 g/mol. The molecule has 2 N–H and O–H groups in total. The highest BCUT2D eigenvalue weighted by atomic mass is 16.2. The SMILES string of the molecule is O=C(NNC1CCCCCCC1)c1nn(C2CCCCC2)c2c1CCCC2. The summed E-state index contributed by atoms with van der Waals surface area (Å²) in [6.45, 7) is 0.